The molecule has 0 aromatic carbocycles. The number of allylic oxidation sites excluding steroid dienone is 2. The Balaban J connectivity index is 1.74. The molecule has 2 fully saturated rings. The minimum atomic E-state index is -0.888. The molecule has 0 aliphatic heterocycles. The second kappa shape index (κ2) is 8.96. The minimum Gasteiger partial charge on any atom is -0.390 e. The van der Waals surface area contributed by atoms with Gasteiger partial charge in [0.1, 0.15) is 0 Å². The van der Waals surface area contributed by atoms with Crippen LogP contribution in [-0.2, 0) is 4.79 Å². The Bertz CT molecular complexity index is 758. The Morgan fingerprint density at radius 1 is 1.32 bits per heavy atom. The van der Waals surface area contributed by atoms with Crippen molar-refractivity contribution >= 4 is 5.78 Å². The summed E-state index contributed by atoms with van der Waals surface area (Å²) in [5.74, 6) is 1.25. The van der Waals surface area contributed by atoms with Crippen LogP contribution in [0.25, 0.3) is 0 Å². The Hall–Kier alpha value is -1.23. The highest BCUT2D eigenvalue weighted by atomic mass is 16.3. The number of aliphatic hydroxyl groups is 3. The van der Waals surface area contributed by atoms with Crippen molar-refractivity contribution in [1.82, 2.24) is 0 Å². The lowest BCUT2D eigenvalue weighted by Gasteiger charge is -2.50. The Labute approximate surface area is 188 Å². The average molecular weight is 431 g/mol. The van der Waals surface area contributed by atoms with Crippen LogP contribution in [0.15, 0.2) is 36.0 Å². The molecule has 0 radical (unpaired) electrons. The summed E-state index contributed by atoms with van der Waals surface area (Å²) in [6.07, 6.45) is 12.5. The molecule has 0 amide bonds. The summed E-state index contributed by atoms with van der Waals surface area (Å²) in [5.41, 5.74) is -0.202. The van der Waals surface area contributed by atoms with Crippen molar-refractivity contribution in [3.63, 3.8) is 0 Å². The largest absolute Gasteiger partial charge is 0.390 e. The minimum absolute atomic E-state index is 0.0914. The average Bonchev–Trinajstić information content (AvgIpc) is 3.01. The molecule has 4 nitrogen and oxygen atoms in total. The fourth-order valence-corrected chi connectivity index (χ4v) is 6.78. The quantitative estimate of drug-likeness (QED) is 0.538. The van der Waals surface area contributed by atoms with Gasteiger partial charge in [-0.25, -0.2) is 0 Å². The predicted molar refractivity (Wildman–Crippen MR) is 124 cm³/mol. The fraction of sp³-hybridized carbons (Fsp3) is 0.741. The second-order valence-electron chi connectivity index (χ2n) is 11.4. The molecule has 6 atom stereocenters. The number of aliphatic hydroxyl groups excluding tert-OH is 1. The molecule has 4 heteroatoms. The van der Waals surface area contributed by atoms with E-state index >= 15 is 0 Å². The Kier molecular flexibility index (Phi) is 7.05. The molecule has 0 aromatic heterocycles. The molecule has 3 aliphatic carbocycles. The summed E-state index contributed by atoms with van der Waals surface area (Å²) in [5, 5.41) is 31.8. The second-order valence-corrected chi connectivity index (χ2v) is 11.4. The highest BCUT2D eigenvalue weighted by Crippen LogP contribution is 2.61. The van der Waals surface area contributed by atoms with E-state index in [0.29, 0.717) is 23.0 Å². The first kappa shape index (κ1) is 24.4. The third-order valence-corrected chi connectivity index (χ3v) is 8.48. The molecule has 0 heterocycles. The first-order chi connectivity index (χ1) is 14.4. The molecule has 0 saturated heterocycles. The van der Waals surface area contributed by atoms with Crippen LogP contribution in [0.2, 0.25) is 0 Å². The standard InChI is InChI=1S/C27H42O4/c1-18(8-6-12-25(3,4)30)22-9-10-24-26(22,5)13-7-14-27(24,31)15-11-20-16-21(28)17-23(29)19(20)2/h11,15-16,18,22-24,29-31H,2,6-10,12-14,17H2,1,3-5H3/b15-11+/t18-,22-,23+,24-,26-,27+/m1/s1. The topological polar surface area (TPSA) is 77.8 Å². The number of ketones is 1. The van der Waals surface area contributed by atoms with Crippen molar-refractivity contribution in [3.8, 4) is 0 Å². The number of hydrogen-bond acceptors (Lipinski definition) is 4. The summed E-state index contributed by atoms with van der Waals surface area (Å²) in [6.45, 7) is 12.4. The van der Waals surface area contributed by atoms with Crippen molar-refractivity contribution in [1.29, 1.82) is 0 Å². The van der Waals surface area contributed by atoms with Crippen molar-refractivity contribution in [2.75, 3.05) is 0 Å². The number of fused-ring (bicyclic) bond motifs is 1. The zero-order valence-corrected chi connectivity index (χ0v) is 19.9. The zero-order valence-electron chi connectivity index (χ0n) is 19.9. The molecule has 0 bridgehead atoms. The molecule has 174 valence electrons. The van der Waals surface area contributed by atoms with Gasteiger partial charge in [0.05, 0.1) is 17.3 Å². The van der Waals surface area contributed by atoms with Crippen molar-refractivity contribution in [3.05, 3.63) is 36.0 Å². The Morgan fingerprint density at radius 3 is 2.71 bits per heavy atom. The van der Waals surface area contributed by atoms with E-state index in [0.717, 1.165) is 51.4 Å². The van der Waals surface area contributed by atoms with Gasteiger partial charge in [-0.15, -0.1) is 0 Å². The van der Waals surface area contributed by atoms with Gasteiger partial charge in [-0.05, 0) is 92.8 Å². The van der Waals surface area contributed by atoms with Gasteiger partial charge in [0.25, 0.3) is 0 Å². The van der Waals surface area contributed by atoms with Crippen LogP contribution in [0.4, 0.5) is 0 Å². The van der Waals surface area contributed by atoms with E-state index in [1.54, 1.807) is 6.08 Å². The number of carbonyl (C=O) groups excluding carboxylic acids is 1. The molecule has 2 saturated carbocycles. The summed E-state index contributed by atoms with van der Waals surface area (Å²) in [7, 11) is 0. The molecule has 0 unspecified atom stereocenters. The summed E-state index contributed by atoms with van der Waals surface area (Å²) >= 11 is 0. The lowest BCUT2D eigenvalue weighted by Crippen LogP contribution is -2.49. The highest BCUT2D eigenvalue weighted by Gasteiger charge is 2.57. The summed E-state index contributed by atoms with van der Waals surface area (Å²) < 4.78 is 0. The third-order valence-electron chi connectivity index (χ3n) is 8.48. The van der Waals surface area contributed by atoms with Gasteiger partial charge in [-0.2, -0.15) is 0 Å². The molecule has 3 aliphatic rings. The van der Waals surface area contributed by atoms with E-state index in [1.165, 1.54) is 0 Å². The van der Waals surface area contributed by atoms with Crippen LogP contribution in [0, 0.1) is 23.2 Å². The molecular formula is C27H42O4. The maximum absolute atomic E-state index is 11.9. The van der Waals surface area contributed by atoms with Gasteiger partial charge >= 0.3 is 0 Å². The predicted octanol–water partition coefficient (Wildman–Crippen LogP) is 4.88. The van der Waals surface area contributed by atoms with Crippen LogP contribution in [0.3, 0.4) is 0 Å². The number of carbonyl (C=O) groups is 1. The lowest BCUT2D eigenvalue weighted by atomic mass is 9.57. The number of rotatable bonds is 7. The fourth-order valence-electron chi connectivity index (χ4n) is 6.78. The van der Waals surface area contributed by atoms with Crippen LogP contribution >= 0.6 is 0 Å². The summed E-state index contributed by atoms with van der Waals surface area (Å²) in [4.78, 5) is 11.9. The normalized spacial score (nSPS) is 37.8. The smallest absolute Gasteiger partial charge is 0.159 e. The van der Waals surface area contributed by atoms with Crippen LogP contribution in [0.5, 0.6) is 0 Å². The van der Waals surface area contributed by atoms with Gasteiger partial charge in [-0.1, -0.05) is 45.4 Å². The van der Waals surface area contributed by atoms with Gasteiger partial charge in [-0.3, -0.25) is 4.79 Å². The van der Waals surface area contributed by atoms with Gasteiger partial charge in [0, 0.05) is 6.42 Å². The molecule has 31 heavy (non-hydrogen) atoms. The van der Waals surface area contributed by atoms with E-state index in [2.05, 4.69) is 20.4 Å². The van der Waals surface area contributed by atoms with Gasteiger partial charge < -0.3 is 15.3 Å². The van der Waals surface area contributed by atoms with E-state index in [-0.39, 0.29) is 23.5 Å². The van der Waals surface area contributed by atoms with E-state index < -0.39 is 17.3 Å². The lowest BCUT2D eigenvalue weighted by molar-refractivity contribution is -0.116. The SMILES string of the molecule is C=C1C(/C=C/[C@@]2(O)CCC[C@]3(C)[C@@H]([C@H](C)CCCC(C)(C)O)CC[C@H]32)=CC(=O)C[C@@H]1O. The first-order valence-electron chi connectivity index (χ1n) is 12.1. The first-order valence-corrected chi connectivity index (χ1v) is 12.1. The molecular weight excluding hydrogens is 388 g/mol. The molecule has 0 spiro atoms. The van der Waals surface area contributed by atoms with Crippen molar-refractivity contribution < 1.29 is 20.1 Å². The molecule has 0 aromatic rings. The monoisotopic (exact) mass is 430 g/mol. The maximum Gasteiger partial charge on any atom is 0.159 e. The van der Waals surface area contributed by atoms with E-state index in [4.69, 9.17) is 0 Å². The van der Waals surface area contributed by atoms with Crippen LogP contribution in [-0.4, -0.2) is 38.4 Å². The maximum atomic E-state index is 11.9. The number of hydrogen-bond donors (Lipinski definition) is 3. The summed E-state index contributed by atoms with van der Waals surface area (Å²) in [6, 6.07) is 0. The van der Waals surface area contributed by atoms with E-state index in [1.807, 2.05) is 26.0 Å². The highest BCUT2D eigenvalue weighted by molar-refractivity contribution is 5.94. The van der Waals surface area contributed by atoms with Crippen LogP contribution < -0.4 is 0 Å². The van der Waals surface area contributed by atoms with Crippen molar-refractivity contribution in [2.24, 2.45) is 23.2 Å². The molecule has 3 rings (SSSR count). The molecule has 3 N–H and O–H groups in total. The Morgan fingerprint density at radius 2 is 2.03 bits per heavy atom. The van der Waals surface area contributed by atoms with Gasteiger partial charge in [0.15, 0.2) is 5.78 Å². The van der Waals surface area contributed by atoms with Crippen molar-refractivity contribution in [2.45, 2.75) is 103 Å². The van der Waals surface area contributed by atoms with E-state index in [9.17, 15) is 20.1 Å². The van der Waals surface area contributed by atoms with Gasteiger partial charge in [0.2, 0.25) is 0 Å². The third kappa shape index (κ3) is 5.23. The zero-order chi connectivity index (χ0) is 23.0. The van der Waals surface area contributed by atoms with Crippen LogP contribution in [0.1, 0.15) is 85.5 Å².